The Kier molecular flexibility index (Phi) is 3.12. The number of aromatic nitrogens is 1. The van der Waals surface area contributed by atoms with E-state index in [1.165, 1.54) is 19.3 Å². The molecule has 102 valence electrons. The molecule has 1 aromatic heterocycles. The second kappa shape index (κ2) is 4.79. The van der Waals surface area contributed by atoms with Gasteiger partial charge in [0, 0.05) is 24.8 Å². The number of hydrogen-bond acceptors (Lipinski definition) is 4. The maximum atomic E-state index is 11.2. The minimum Gasteiger partial charge on any atom is -0.347 e. The lowest BCUT2D eigenvalue weighted by Gasteiger charge is -2.32. The van der Waals surface area contributed by atoms with E-state index < -0.39 is 0 Å². The predicted molar refractivity (Wildman–Crippen MR) is 73.1 cm³/mol. The van der Waals surface area contributed by atoms with Crippen LogP contribution in [-0.2, 0) is 0 Å². The largest absolute Gasteiger partial charge is 0.347 e. The third-order valence-electron chi connectivity index (χ3n) is 4.63. The fourth-order valence-corrected chi connectivity index (χ4v) is 3.77. The van der Waals surface area contributed by atoms with Crippen LogP contribution in [0.4, 0.5) is 11.5 Å². The molecule has 1 aliphatic carbocycles. The van der Waals surface area contributed by atoms with Crippen molar-refractivity contribution in [3.05, 3.63) is 28.4 Å². The van der Waals surface area contributed by atoms with Crippen LogP contribution in [0.2, 0.25) is 0 Å². The average Bonchev–Trinajstić information content (AvgIpc) is 2.77. The average molecular weight is 261 g/mol. The van der Waals surface area contributed by atoms with E-state index in [4.69, 9.17) is 0 Å². The highest BCUT2D eigenvalue weighted by molar-refractivity contribution is 5.59. The van der Waals surface area contributed by atoms with E-state index in [9.17, 15) is 10.1 Å². The second-order valence-electron chi connectivity index (χ2n) is 5.75. The van der Waals surface area contributed by atoms with E-state index in [-0.39, 0.29) is 10.6 Å². The molecule has 5 heteroatoms. The first-order valence-corrected chi connectivity index (χ1v) is 7.04. The summed E-state index contributed by atoms with van der Waals surface area (Å²) in [5.74, 6) is 1.84. The normalized spacial score (nSPS) is 30.2. The molecule has 2 aliphatic rings. The molecule has 0 N–H and O–H groups in total. The third-order valence-corrected chi connectivity index (χ3v) is 4.63. The number of nitrogens with zero attached hydrogens (tertiary/aromatic N) is 3. The van der Waals surface area contributed by atoms with Crippen molar-refractivity contribution in [1.29, 1.82) is 0 Å². The lowest BCUT2D eigenvalue weighted by Crippen LogP contribution is -2.35. The van der Waals surface area contributed by atoms with E-state index in [1.54, 1.807) is 18.3 Å². The van der Waals surface area contributed by atoms with E-state index in [1.807, 2.05) is 0 Å². The summed E-state index contributed by atoms with van der Waals surface area (Å²) in [5, 5.41) is 11.2. The van der Waals surface area contributed by atoms with Crippen molar-refractivity contribution in [2.24, 2.45) is 11.8 Å². The minimum absolute atomic E-state index is 0.140. The van der Waals surface area contributed by atoms with Crippen LogP contribution in [0.5, 0.6) is 0 Å². The maximum absolute atomic E-state index is 11.2. The van der Waals surface area contributed by atoms with Crippen LogP contribution in [0.15, 0.2) is 18.3 Å². The Morgan fingerprint density at radius 1 is 1.42 bits per heavy atom. The Morgan fingerprint density at radius 2 is 2.21 bits per heavy atom. The number of rotatable bonds is 2. The van der Waals surface area contributed by atoms with Crippen molar-refractivity contribution >= 4 is 11.5 Å². The molecule has 1 saturated carbocycles. The molecule has 1 saturated heterocycles. The van der Waals surface area contributed by atoms with Gasteiger partial charge in [-0.3, -0.25) is 10.1 Å². The number of pyridine rings is 1. The Hall–Kier alpha value is -1.65. The van der Waals surface area contributed by atoms with Gasteiger partial charge in [0.2, 0.25) is 5.82 Å². The third kappa shape index (κ3) is 2.07. The summed E-state index contributed by atoms with van der Waals surface area (Å²) >= 11 is 0. The van der Waals surface area contributed by atoms with Gasteiger partial charge in [0.25, 0.3) is 0 Å². The van der Waals surface area contributed by atoms with Crippen LogP contribution in [0.1, 0.15) is 32.6 Å². The molecular formula is C14H19N3O2. The van der Waals surface area contributed by atoms with E-state index in [0.717, 1.165) is 13.0 Å². The van der Waals surface area contributed by atoms with Gasteiger partial charge < -0.3 is 4.90 Å². The van der Waals surface area contributed by atoms with Crippen LogP contribution < -0.4 is 4.90 Å². The summed E-state index contributed by atoms with van der Waals surface area (Å²) in [5.41, 5.74) is 0.140. The van der Waals surface area contributed by atoms with Gasteiger partial charge in [0.15, 0.2) is 0 Å². The molecule has 2 fully saturated rings. The van der Waals surface area contributed by atoms with Gasteiger partial charge in [-0.15, -0.1) is 0 Å². The highest BCUT2D eigenvalue weighted by Crippen LogP contribution is 2.43. The molecule has 2 heterocycles. The van der Waals surface area contributed by atoms with Gasteiger partial charge in [-0.2, -0.15) is 0 Å². The smallest absolute Gasteiger partial charge is 0.311 e. The molecule has 0 amide bonds. The zero-order valence-corrected chi connectivity index (χ0v) is 11.2. The summed E-state index contributed by atoms with van der Waals surface area (Å²) in [4.78, 5) is 17.3. The quantitative estimate of drug-likeness (QED) is 0.606. The lowest BCUT2D eigenvalue weighted by molar-refractivity contribution is -0.384. The number of fused-ring (bicyclic) bond motifs is 1. The lowest BCUT2D eigenvalue weighted by atomic mass is 9.80. The minimum atomic E-state index is -0.316. The first kappa shape index (κ1) is 12.4. The van der Waals surface area contributed by atoms with Crippen molar-refractivity contribution in [2.75, 3.05) is 11.4 Å². The molecule has 3 unspecified atom stereocenters. The summed E-state index contributed by atoms with van der Waals surface area (Å²) in [6, 6.07) is 3.64. The van der Waals surface area contributed by atoms with Crippen LogP contribution in [0, 0.1) is 22.0 Å². The van der Waals surface area contributed by atoms with Crippen molar-refractivity contribution in [3.8, 4) is 0 Å². The molecule has 1 aromatic rings. The number of anilines is 1. The molecule has 0 radical (unpaired) electrons. The summed E-state index contributed by atoms with van der Waals surface area (Å²) in [6.45, 7) is 3.16. The van der Waals surface area contributed by atoms with Crippen LogP contribution in [0.3, 0.4) is 0 Å². The molecule has 5 nitrogen and oxygen atoms in total. The maximum Gasteiger partial charge on any atom is 0.311 e. The van der Waals surface area contributed by atoms with Gasteiger partial charge in [-0.25, -0.2) is 4.98 Å². The van der Waals surface area contributed by atoms with Crippen molar-refractivity contribution in [1.82, 2.24) is 4.98 Å². The van der Waals surface area contributed by atoms with E-state index >= 15 is 0 Å². The van der Waals surface area contributed by atoms with E-state index in [0.29, 0.717) is 23.7 Å². The van der Waals surface area contributed by atoms with Crippen molar-refractivity contribution in [3.63, 3.8) is 0 Å². The number of nitro groups is 1. The molecule has 0 aromatic carbocycles. The monoisotopic (exact) mass is 261 g/mol. The standard InChI is InChI=1S/C14H19N3O2/c1-10-9-16(12-6-3-2-5-11(10)12)14-13(17(18)19)7-4-8-15-14/h4,7-8,10-12H,2-3,5-6,9H2,1H3. The van der Waals surface area contributed by atoms with Gasteiger partial charge in [0.05, 0.1) is 4.92 Å². The molecular weight excluding hydrogens is 242 g/mol. The summed E-state index contributed by atoms with van der Waals surface area (Å²) in [6.07, 6.45) is 6.57. The van der Waals surface area contributed by atoms with Crippen molar-refractivity contribution in [2.45, 2.75) is 38.6 Å². The summed E-state index contributed by atoms with van der Waals surface area (Å²) < 4.78 is 0. The Bertz CT molecular complexity index is 491. The highest BCUT2D eigenvalue weighted by Gasteiger charge is 2.42. The van der Waals surface area contributed by atoms with Crippen LogP contribution >= 0.6 is 0 Å². The number of hydrogen-bond donors (Lipinski definition) is 0. The molecule has 3 atom stereocenters. The topological polar surface area (TPSA) is 59.3 Å². The fourth-order valence-electron chi connectivity index (χ4n) is 3.77. The predicted octanol–water partition coefficient (Wildman–Crippen LogP) is 3.00. The van der Waals surface area contributed by atoms with E-state index in [2.05, 4.69) is 16.8 Å². The molecule has 0 bridgehead atoms. The van der Waals surface area contributed by atoms with Crippen LogP contribution in [-0.4, -0.2) is 22.5 Å². The van der Waals surface area contributed by atoms with Crippen LogP contribution in [0.25, 0.3) is 0 Å². The SMILES string of the molecule is CC1CN(c2ncccc2[N+](=O)[O-])C2CCCCC12. The Labute approximate surface area is 112 Å². The molecule has 3 rings (SSSR count). The van der Waals surface area contributed by atoms with Gasteiger partial charge in [0.1, 0.15) is 0 Å². The zero-order chi connectivity index (χ0) is 13.4. The van der Waals surface area contributed by atoms with Gasteiger partial charge in [-0.05, 0) is 30.7 Å². The first-order chi connectivity index (χ1) is 9.18. The fraction of sp³-hybridized carbons (Fsp3) is 0.643. The molecule has 0 spiro atoms. The Balaban J connectivity index is 1.96. The second-order valence-corrected chi connectivity index (χ2v) is 5.75. The first-order valence-electron chi connectivity index (χ1n) is 7.04. The molecule has 19 heavy (non-hydrogen) atoms. The zero-order valence-electron chi connectivity index (χ0n) is 11.2. The van der Waals surface area contributed by atoms with Gasteiger partial charge in [-0.1, -0.05) is 19.8 Å². The summed E-state index contributed by atoms with van der Waals surface area (Å²) in [7, 11) is 0. The van der Waals surface area contributed by atoms with Gasteiger partial charge >= 0.3 is 5.69 Å². The Morgan fingerprint density at radius 3 is 3.00 bits per heavy atom. The van der Waals surface area contributed by atoms with Crippen molar-refractivity contribution < 1.29 is 4.92 Å². The molecule has 1 aliphatic heterocycles. The highest BCUT2D eigenvalue weighted by atomic mass is 16.6.